The fourth-order valence-corrected chi connectivity index (χ4v) is 4.50. The fourth-order valence-electron chi connectivity index (χ4n) is 4.32. The van der Waals surface area contributed by atoms with E-state index in [1.165, 1.54) is 0 Å². The number of carbonyl (C=O) groups is 2. The topological polar surface area (TPSA) is 123 Å². The number of nitrogens with one attached hydrogen (secondary N) is 2. The number of nitrogens with two attached hydrogens (primary N) is 2. The Hall–Kier alpha value is -1.93. The minimum Gasteiger partial charge on any atom is -0.465 e. The Bertz CT molecular complexity index is 955. The minimum atomic E-state index is -1.15. The van der Waals surface area contributed by atoms with E-state index in [2.05, 4.69) is 10.3 Å². The van der Waals surface area contributed by atoms with Crippen molar-refractivity contribution in [1.29, 1.82) is 0 Å². The zero-order valence-electron chi connectivity index (χ0n) is 16.5. The highest BCUT2D eigenvalue weighted by atomic mass is 35.5. The Kier molecular flexibility index (Phi) is 5.19. The number of aromatic amines is 1. The van der Waals surface area contributed by atoms with Gasteiger partial charge in [-0.2, -0.15) is 0 Å². The standard InChI is InChI=1S/C21H27ClN4O3/c1-2-29-19(28)20(7-8-20)26-14-5-6-21(24,17(23)11-14)18(27)16-10-12-9-13(22)3-4-15(12)25-16/h3-4,9-10,14,17,25-26H,2,5-8,11,23-24H2,1H3. The van der Waals surface area contributed by atoms with Gasteiger partial charge in [-0.3, -0.25) is 14.9 Å². The van der Waals surface area contributed by atoms with Crippen molar-refractivity contribution in [3.8, 4) is 0 Å². The highest BCUT2D eigenvalue weighted by Gasteiger charge is 2.54. The summed E-state index contributed by atoms with van der Waals surface area (Å²) >= 11 is 6.04. The normalized spacial score (nSPS) is 28.3. The predicted molar refractivity (Wildman–Crippen MR) is 112 cm³/mol. The molecular weight excluding hydrogens is 392 g/mol. The summed E-state index contributed by atoms with van der Waals surface area (Å²) < 4.78 is 5.19. The first-order chi connectivity index (χ1) is 13.8. The van der Waals surface area contributed by atoms with Gasteiger partial charge in [0.25, 0.3) is 0 Å². The molecule has 2 aliphatic carbocycles. The molecule has 29 heavy (non-hydrogen) atoms. The van der Waals surface area contributed by atoms with Crippen molar-refractivity contribution in [3.63, 3.8) is 0 Å². The van der Waals surface area contributed by atoms with Crippen molar-refractivity contribution in [1.82, 2.24) is 10.3 Å². The second-order valence-electron chi connectivity index (χ2n) is 8.31. The number of benzene rings is 1. The fraction of sp³-hybridized carbons (Fsp3) is 0.524. The van der Waals surface area contributed by atoms with Crippen LogP contribution in [0.2, 0.25) is 5.02 Å². The van der Waals surface area contributed by atoms with Crippen LogP contribution in [0.3, 0.4) is 0 Å². The monoisotopic (exact) mass is 418 g/mol. The Balaban J connectivity index is 1.46. The molecule has 1 aromatic heterocycles. The van der Waals surface area contributed by atoms with Gasteiger partial charge in [0.05, 0.1) is 17.8 Å². The molecule has 1 aromatic carbocycles. The molecule has 0 aliphatic heterocycles. The van der Waals surface area contributed by atoms with E-state index in [-0.39, 0.29) is 17.8 Å². The molecule has 2 saturated carbocycles. The Morgan fingerprint density at radius 3 is 2.72 bits per heavy atom. The quantitative estimate of drug-likeness (QED) is 0.421. The second kappa shape index (κ2) is 7.40. The average molecular weight is 419 g/mol. The van der Waals surface area contributed by atoms with Crippen LogP contribution in [0.15, 0.2) is 24.3 Å². The lowest BCUT2D eigenvalue weighted by Crippen LogP contribution is -2.66. The minimum absolute atomic E-state index is 0.0305. The number of ether oxygens (including phenoxy) is 1. The third-order valence-electron chi connectivity index (χ3n) is 6.25. The van der Waals surface area contributed by atoms with E-state index in [0.717, 1.165) is 23.7 Å². The Morgan fingerprint density at radius 2 is 2.07 bits per heavy atom. The predicted octanol–water partition coefficient (Wildman–Crippen LogP) is 2.27. The van der Waals surface area contributed by atoms with Crippen LogP contribution in [0.5, 0.6) is 0 Å². The van der Waals surface area contributed by atoms with Crippen LogP contribution < -0.4 is 16.8 Å². The molecule has 3 atom stereocenters. The van der Waals surface area contributed by atoms with Gasteiger partial charge in [-0.25, -0.2) is 0 Å². The van der Waals surface area contributed by atoms with Gasteiger partial charge in [0.2, 0.25) is 0 Å². The first kappa shape index (κ1) is 20.3. The first-order valence-corrected chi connectivity index (χ1v) is 10.5. The number of Topliss-reactive ketones (excluding diaryl/α,β-unsaturated/α-hetero) is 1. The van der Waals surface area contributed by atoms with Crippen molar-refractivity contribution in [2.45, 2.75) is 62.2 Å². The molecule has 2 aliphatic rings. The first-order valence-electron chi connectivity index (χ1n) is 10.1. The third kappa shape index (κ3) is 3.68. The summed E-state index contributed by atoms with van der Waals surface area (Å²) in [6, 6.07) is 6.70. The second-order valence-corrected chi connectivity index (χ2v) is 8.75. The number of carbonyl (C=O) groups excluding carboxylic acids is 2. The van der Waals surface area contributed by atoms with E-state index < -0.39 is 17.1 Å². The molecule has 0 radical (unpaired) electrons. The summed E-state index contributed by atoms with van der Waals surface area (Å²) in [5, 5.41) is 4.89. The average Bonchev–Trinajstić information content (AvgIpc) is 3.35. The summed E-state index contributed by atoms with van der Waals surface area (Å²) in [4.78, 5) is 28.6. The maximum atomic E-state index is 13.2. The molecule has 0 amide bonds. The van der Waals surface area contributed by atoms with Crippen molar-refractivity contribution < 1.29 is 14.3 Å². The van der Waals surface area contributed by atoms with Crippen LogP contribution in [-0.2, 0) is 9.53 Å². The highest BCUT2D eigenvalue weighted by molar-refractivity contribution is 6.31. The molecule has 6 N–H and O–H groups in total. The number of ketones is 1. The summed E-state index contributed by atoms with van der Waals surface area (Å²) in [5.74, 6) is -0.395. The maximum Gasteiger partial charge on any atom is 0.326 e. The number of hydrogen-bond acceptors (Lipinski definition) is 6. The van der Waals surface area contributed by atoms with Crippen LogP contribution in [0.25, 0.3) is 10.9 Å². The van der Waals surface area contributed by atoms with Gasteiger partial charge in [-0.1, -0.05) is 11.6 Å². The third-order valence-corrected chi connectivity index (χ3v) is 6.49. The molecule has 0 spiro atoms. The molecule has 1 heterocycles. The van der Waals surface area contributed by atoms with E-state index in [1.54, 1.807) is 25.1 Å². The van der Waals surface area contributed by atoms with Gasteiger partial charge in [-0.05, 0) is 63.3 Å². The number of fused-ring (bicyclic) bond motifs is 1. The molecule has 2 aromatic rings. The van der Waals surface area contributed by atoms with E-state index >= 15 is 0 Å². The van der Waals surface area contributed by atoms with Crippen LogP contribution >= 0.6 is 11.6 Å². The summed E-state index contributed by atoms with van der Waals surface area (Å²) in [5.41, 5.74) is 12.5. The van der Waals surface area contributed by atoms with Crippen LogP contribution in [0, 0.1) is 0 Å². The molecule has 4 rings (SSSR count). The van der Waals surface area contributed by atoms with Gasteiger partial charge in [0, 0.05) is 28.0 Å². The van der Waals surface area contributed by atoms with Crippen LogP contribution in [0.4, 0.5) is 0 Å². The molecule has 7 nitrogen and oxygen atoms in total. The van der Waals surface area contributed by atoms with E-state index in [4.69, 9.17) is 27.8 Å². The number of rotatable bonds is 6. The zero-order valence-corrected chi connectivity index (χ0v) is 17.2. The van der Waals surface area contributed by atoms with E-state index in [0.29, 0.717) is 36.6 Å². The summed E-state index contributed by atoms with van der Waals surface area (Å²) in [7, 11) is 0. The van der Waals surface area contributed by atoms with Gasteiger partial charge in [-0.15, -0.1) is 0 Å². The van der Waals surface area contributed by atoms with Crippen molar-refractivity contribution >= 4 is 34.3 Å². The molecule has 156 valence electrons. The SMILES string of the molecule is CCOC(=O)C1(NC2CCC(N)(C(=O)c3cc4cc(Cl)ccc4[nH]3)C(N)C2)CC1. The van der Waals surface area contributed by atoms with Crippen LogP contribution in [0.1, 0.15) is 49.5 Å². The van der Waals surface area contributed by atoms with Gasteiger partial charge < -0.3 is 21.2 Å². The Labute approximate surface area is 174 Å². The smallest absolute Gasteiger partial charge is 0.326 e. The van der Waals surface area contributed by atoms with E-state index in [9.17, 15) is 9.59 Å². The lowest BCUT2D eigenvalue weighted by Gasteiger charge is -2.42. The van der Waals surface area contributed by atoms with E-state index in [1.807, 2.05) is 6.07 Å². The summed E-state index contributed by atoms with van der Waals surface area (Å²) in [6.07, 6.45) is 3.17. The number of halogens is 1. The number of esters is 1. The zero-order chi connectivity index (χ0) is 20.8. The largest absolute Gasteiger partial charge is 0.465 e. The molecule has 0 bridgehead atoms. The van der Waals surface area contributed by atoms with Gasteiger partial charge >= 0.3 is 5.97 Å². The molecule has 8 heteroatoms. The Morgan fingerprint density at radius 1 is 1.31 bits per heavy atom. The molecule has 3 unspecified atom stereocenters. The van der Waals surface area contributed by atoms with Gasteiger partial charge in [0.15, 0.2) is 5.78 Å². The lowest BCUT2D eigenvalue weighted by atomic mass is 9.73. The van der Waals surface area contributed by atoms with Crippen molar-refractivity contribution in [2.75, 3.05) is 6.61 Å². The molecule has 0 saturated heterocycles. The summed E-state index contributed by atoms with van der Waals surface area (Å²) in [6.45, 7) is 2.17. The number of H-pyrrole nitrogens is 1. The molecule has 2 fully saturated rings. The highest BCUT2D eigenvalue weighted by Crippen LogP contribution is 2.39. The van der Waals surface area contributed by atoms with Crippen molar-refractivity contribution in [3.05, 3.63) is 35.0 Å². The lowest BCUT2D eigenvalue weighted by molar-refractivity contribution is -0.147. The number of hydrogen-bond donors (Lipinski definition) is 4. The maximum absolute atomic E-state index is 13.2. The van der Waals surface area contributed by atoms with Crippen molar-refractivity contribution in [2.24, 2.45) is 11.5 Å². The molecular formula is C21H27ClN4O3. The van der Waals surface area contributed by atoms with Crippen LogP contribution in [-0.4, -0.2) is 46.5 Å². The number of aromatic nitrogens is 1. The van der Waals surface area contributed by atoms with Gasteiger partial charge in [0.1, 0.15) is 5.54 Å².